The van der Waals surface area contributed by atoms with E-state index in [9.17, 15) is 4.79 Å². The van der Waals surface area contributed by atoms with Crippen LogP contribution in [0.1, 0.15) is 23.3 Å². The molecule has 2 aromatic rings. The van der Waals surface area contributed by atoms with Gasteiger partial charge in [-0.1, -0.05) is 18.2 Å². The molecular formula is C14H16N2O2. The van der Waals surface area contributed by atoms with Crippen molar-refractivity contribution in [3.8, 4) is 0 Å². The highest BCUT2D eigenvalue weighted by Crippen LogP contribution is 2.15. The standard InChI is InChI=1S/C14H16N2O2/c17-14(15-11-5-7-18-8-6-11)13-9-10-3-1-2-4-12(10)16-13/h1-4,9,11,16H,5-8H2,(H,15,17). The summed E-state index contributed by atoms with van der Waals surface area (Å²) in [4.78, 5) is 15.2. The van der Waals surface area contributed by atoms with Crippen LogP contribution in [0.3, 0.4) is 0 Å². The fourth-order valence-electron chi connectivity index (χ4n) is 2.30. The summed E-state index contributed by atoms with van der Waals surface area (Å²) in [7, 11) is 0. The second-order valence-corrected chi connectivity index (χ2v) is 4.63. The van der Waals surface area contributed by atoms with Gasteiger partial charge < -0.3 is 15.0 Å². The van der Waals surface area contributed by atoms with E-state index in [1.807, 2.05) is 30.3 Å². The number of ether oxygens (including phenoxy) is 1. The summed E-state index contributed by atoms with van der Waals surface area (Å²) in [5.74, 6) is -0.0295. The second kappa shape index (κ2) is 4.82. The van der Waals surface area contributed by atoms with Crippen molar-refractivity contribution < 1.29 is 9.53 Å². The number of carbonyl (C=O) groups is 1. The van der Waals surface area contributed by atoms with Crippen LogP contribution < -0.4 is 5.32 Å². The van der Waals surface area contributed by atoms with Gasteiger partial charge in [0.05, 0.1) is 0 Å². The Morgan fingerprint density at radius 3 is 2.83 bits per heavy atom. The predicted octanol–water partition coefficient (Wildman–Crippen LogP) is 2.08. The van der Waals surface area contributed by atoms with E-state index in [4.69, 9.17) is 4.74 Å². The minimum Gasteiger partial charge on any atom is -0.381 e. The molecule has 0 bridgehead atoms. The molecule has 1 fully saturated rings. The zero-order valence-electron chi connectivity index (χ0n) is 10.1. The average molecular weight is 244 g/mol. The summed E-state index contributed by atoms with van der Waals surface area (Å²) >= 11 is 0. The molecule has 3 rings (SSSR count). The highest BCUT2D eigenvalue weighted by Gasteiger charge is 2.17. The quantitative estimate of drug-likeness (QED) is 0.849. The zero-order chi connectivity index (χ0) is 12.4. The lowest BCUT2D eigenvalue weighted by Gasteiger charge is -2.22. The van der Waals surface area contributed by atoms with E-state index in [1.54, 1.807) is 0 Å². The lowest BCUT2D eigenvalue weighted by molar-refractivity contribution is 0.0694. The smallest absolute Gasteiger partial charge is 0.267 e. The third-order valence-corrected chi connectivity index (χ3v) is 3.33. The molecule has 94 valence electrons. The number of carbonyl (C=O) groups excluding carboxylic acids is 1. The SMILES string of the molecule is O=C(NC1CCOCC1)c1cc2ccccc2[nH]1. The Bertz CT molecular complexity index is 523. The molecule has 2 N–H and O–H groups in total. The molecule has 1 saturated heterocycles. The summed E-state index contributed by atoms with van der Waals surface area (Å²) in [6.45, 7) is 1.47. The van der Waals surface area contributed by atoms with Gasteiger partial charge in [-0.2, -0.15) is 0 Å². The lowest BCUT2D eigenvalue weighted by atomic mass is 10.1. The number of aromatic nitrogens is 1. The van der Waals surface area contributed by atoms with E-state index < -0.39 is 0 Å². The molecule has 0 saturated carbocycles. The van der Waals surface area contributed by atoms with Gasteiger partial charge in [0.15, 0.2) is 0 Å². The van der Waals surface area contributed by atoms with Crippen molar-refractivity contribution in [1.29, 1.82) is 0 Å². The van der Waals surface area contributed by atoms with Gasteiger partial charge >= 0.3 is 0 Å². The highest BCUT2D eigenvalue weighted by atomic mass is 16.5. The first-order valence-electron chi connectivity index (χ1n) is 6.29. The van der Waals surface area contributed by atoms with Crippen LogP contribution in [-0.2, 0) is 4.74 Å². The minimum atomic E-state index is -0.0295. The van der Waals surface area contributed by atoms with Crippen LogP contribution in [0.4, 0.5) is 0 Å². The summed E-state index contributed by atoms with van der Waals surface area (Å²) in [5.41, 5.74) is 1.62. The van der Waals surface area contributed by atoms with Crippen molar-refractivity contribution in [2.75, 3.05) is 13.2 Å². The molecule has 1 aliphatic rings. The number of aromatic amines is 1. The van der Waals surface area contributed by atoms with Crippen LogP contribution in [0, 0.1) is 0 Å². The van der Waals surface area contributed by atoms with Crippen LogP contribution in [0.25, 0.3) is 10.9 Å². The monoisotopic (exact) mass is 244 g/mol. The van der Waals surface area contributed by atoms with Crippen LogP contribution in [0.2, 0.25) is 0 Å². The van der Waals surface area contributed by atoms with Gasteiger partial charge in [0.25, 0.3) is 5.91 Å². The van der Waals surface area contributed by atoms with Crippen molar-refractivity contribution >= 4 is 16.8 Å². The number of hydrogen-bond donors (Lipinski definition) is 2. The third kappa shape index (κ3) is 2.24. The summed E-state index contributed by atoms with van der Waals surface area (Å²) in [5, 5.41) is 4.11. The molecule has 4 nitrogen and oxygen atoms in total. The largest absolute Gasteiger partial charge is 0.381 e. The van der Waals surface area contributed by atoms with Gasteiger partial charge in [-0.3, -0.25) is 4.79 Å². The number of amides is 1. The molecule has 1 aromatic carbocycles. The molecule has 2 heterocycles. The summed E-state index contributed by atoms with van der Waals surface area (Å²) < 4.78 is 5.28. The van der Waals surface area contributed by atoms with E-state index in [1.165, 1.54) is 0 Å². The maximum Gasteiger partial charge on any atom is 0.267 e. The molecule has 1 amide bonds. The number of fused-ring (bicyclic) bond motifs is 1. The molecular weight excluding hydrogens is 228 g/mol. The van der Waals surface area contributed by atoms with Crippen molar-refractivity contribution in [3.05, 3.63) is 36.0 Å². The van der Waals surface area contributed by atoms with Gasteiger partial charge in [-0.25, -0.2) is 0 Å². The predicted molar refractivity (Wildman–Crippen MR) is 69.6 cm³/mol. The fourth-order valence-corrected chi connectivity index (χ4v) is 2.30. The first-order chi connectivity index (χ1) is 8.83. The van der Waals surface area contributed by atoms with Crippen LogP contribution in [0.15, 0.2) is 30.3 Å². The summed E-state index contributed by atoms with van der Waals surface area (Å²) in [6, 6.07) is 10.0. The first kappa shape index (κ1) is 11.3. The molecule has 4 heteroatoms. The minimum absolute atomic E-state index is 0.0295. The number of nitrogens with one attached hydrogen (secondary N) is 2. The molecule has 1 aliphatic heterocycles. The molecule has 18 heavy (non-hydrogen) atoms. The Morgan fingerprint density at radius 2 is 2.06 bits per heavy atom. The normalized spacial score (nSPS) is 16.9. The zero-order valence-corrected chi connectivity index (χ0v) is 10.1. The van der Waals surface area contributed by atoms with Crippen LogP contribution >= 0.6 is 0 Å². The Hall–Kier alpha value is -1.81. The maximum absolute atomic E-state index is 12.1. The maximum atomic E-state index is 12.1. The van der Waals surface area contributed by atoms with Crippen molar-refractivity contribution in [2.45, 2.75) is 18.9 Å². The third-order valence-electron chi connectivity index (χ3n) is 3.33. The summed E-state index contributed by atoms with van der Waals surface area (Å²) in [6.07, 6.45) is 1.79. The molecule has 0 radical (unpaired) electrons. The number of hydrogen-bond acceptors (Lipinski definition) is 2. The van der Waals surface area contributed by atoms with Gasteiger partial charge in [0.1, 0.15) is 5.69 Å². The molecule has 0 spiro atoms. The van der Waals surface area contributed by atoms with Crippen LogP contribution in [0.5, 0.6) is 0 Å². The molecule has 0 aliphatic carbocycles. The Labute approximate surface area is 105 Å². The highest BCUT2D eigenvalue weighted by molar-refractivity contribution is 5.98. The average Bonchev–Trinajstić information content (AvgIpc) is 2.84. The van der Waals surface area contributed by atoms with Crippen LogP contribution in [-0.4, -0.2) is 30.1 Å². The number of H-pyrrole nitrogens is 1. The Kier molecular flexibility index (Phi) is 3.02. The van der Waals surface area contributed by atoms with Gasteiger partial charge in [-0.05, 0) is 25.0 Å². The topological polar surface area (TPSA) is 54.1 Å². The molecule has 0 atom stereocenters. The van der Waals surface area contributed by atoms with E-state index >= 15 is 0 Å². The Morgan fingerprint density at radius 1 is 1.28 bits per heavy atom. The van der Waals surface area contributed by atoms with E-state index in [2.05, 4.69) is 10.3 Å². The number of para-hydroxylation sites is 1. The number of rotatable bonds is 2. The van der Waals surface area contributed by atoms with Gasteiger partial charge in [0, 0.05) is 30.2 Å². The number of benzene rings is 1. The van der Waals surface area contributed by atoms with Crippen molar-refractivity contribution in [3.63, 3.8) is 0 Å². The van der Waals surface area contributed by atoms with Crippen molar-refractivity contribution in [1.82, 2.24) is 10.3 Å². The second-order valence-electron chi connectivity index (χ2n) is 4.63. The molecule has 1 aromatic heterocycles. The van der Waals surface area contributed by atoms with E-state index in [0.717, 1.165) is 37.0 Å². The lowest BCUT2D eigenvalue weighted by Crippen LogP contribution is -2.39. The first-order valence-corrected chi connectivity index (χ1v) is 6.29. The van der Waals surface area contributed by atoms with Crippen molar-refractivity contribution in [2.24, 2.45) is 0 Å². The van der Waals surface area contributed by atoms with E-state index in [0.29, 0.717) is 5.69 Å². The van der Waals surface area contributed by atoms with E-state index in [-0.39, 0.29) is 11.9 Å². The van der Waals surface area contributed by atoms with Gasteiger partial charge in [-0.15, -0.1) is 0 Å². The fraction of sp³-hybridized carbons (Fsp3) is 0.357. The molecule has 0 unspecified atom stereocenters. The Balaban J connectivity index is 1.74. The van der Waals surface area contributed by atoms with Gasteiger partial charge in [0.2, 0.25) is 0 Å².